The molecule has 1 aromatic carbocycles. The van der Waals surface area contributed by atoms with Gasteiger partial charge in [-0.25, -0.2) is 0 Å². The predicted molar refractivity (Wildman–Crippen MR) is 73.5 cm³/mol. The van der Waals surface area contributed by atoms with E-state index in [0.29, 0.717) is 18.4 Å². The lowest BCUT2D eigenvalue weighted by atomic mass is 9.78. The lowest BCUT2D eigenvalue weighted by Crippen LogP contribution is -2.16. The number of aliphatic hydroxyl groups is 1. The van der Waals surface area contributed by atoms with Crippen LogP contribution in [0.3, 0.4) is 0 Å². The van der Waals surface area contributed by atoms with Gasteiger partial charge in [-0.1, -0.05) is 18.2 Å². The Kier molecular flexibility index (Phi) is 3.28. The lowest BCUT2D eigenvalue weighted by Gasteiger charge is -2.28. The summed E-state index contributed by atoms with van der Waals surface area (Å²) >= 11 is 0. The minimum atomic E-state index is 0.351. The van der Waals surface area contributed by atoms with Crippen LogP contribution >= 0.6 is 0 Å². The number of aromatic nitrogens is 1. The molecule has 1 saturated carbocycles. The van der Waals surface area contributed by atoms with Gasteiger partial charge in [0.2, 0.25) is 0 Å². The zero-order valence-electron chi connectivity index (χ0n) is 10.5. The largest absolute Gasteiger partial charge is 0.396 e. The summed E-state index contributed by atoms with van der Waals surface area (Å²) in [5.74, 6) is 1.16. The topological polar surface area (TPSA) is 33.1 Å². The molecule has 0 saturated heterocycles. The highest BCUT2D eigenvalue weighted by Crippen LogP contribution is 2.37. The first-order valence-electron chi connectivity index (χ1n) is 6.83. The molecule has 2 aromatic rings. The molecule has 0 atom stereocenters. The number of aliphatic hydroxyl groups excluding tert-OH is 1. The van der Waals surface area contributed by atoms with Gasteiger partial charge in [0, 0.05) is 18.2 Å². The van der Waals surface area contributed by atoms with Crippen LogP contribution in [0, 0.1) is 5.92 Å². The van der Waals surface area contributed by atoms with E-state index < -0.39 is 0 Å². The van der Waals surface area contributed by atoms with Crippen molar-refractivity contribution < 1.29 is 5.11 Å². The van der Waals surface area contributed by atoms with E-state index >= 15 is 0 Å². The Morgan fingerprint density at radius 1 is 1.06 bits per heavy atom. The van der Waals surface area contributed by atoms with Gasteiger partial charge in [0.25, 0.3) is 0 Å². The Balaban J connectivity index is 1.91. The van der Waals surface area contributed by atoms with E-state index in [9.17, 15) is 5.11 Å². The molecule has 1 aromatic heterocycles. The molecular formula is C16H19NO. The zero-order valence-corrected chi connectivity index (χ0v) is 10.5. The van der Waals surface area contributed by atoms with Crippen molar-refractivity contribution >= 4 is 10.9 Å². The third kappa shape index (κ3) is 2.13. The molecule has 2 nitrogen and oxygen atoms in total. The molecule has 1 aliphatic carbocycles. The Morgan fingerprint density at radius 2 is 1.89 bits per heavy atom. The zero-order chi connectivity index (χ0) is 12.4. The van der Waals surface area contributed by atoms with Crippen molar-refractivity contribution in [1.82, 2.24) is 4.98 Å². The first-order valence-corrected chi connectivity index (χ1v) is 6.83. The van der Waals surface area contributed by atoms with Gasteiger partial charge in [-0.3, -0.25) is 4.98 Å². The monoisotopic (exact) mass is 241 g/mol. The molecule has 1 heterocycles. The summed E-state index contributed by atoms with van der Waals surface area (Å²) in [6.45, 7) is 0.351. The van der Waals surface area contributed by atoms with E-state index in [-0.39, 0.29) is 0 Å². The molecule has 1 fully saturated rings. The average molecular weight is 241 g/mol. The van der Waals surface area contributed by atoms with Gasteiger partial charge in [0.1, 0.15) is 0 Å². The van der Waals surface area contributed by atoms with Crippen molar-refractivity contribution in [3.63, 3.8) is 0 Å². The third-order valence-electron chi connectivity index (χ3n) is 4.22. The van der Waals surface area contributed by atoms with Crippen molar-refractivity contribution in [2.24, 2.45) is 5.92 Å². The van der Waals surface area contributed by atoms with Crippen LogP contribution in [0.25, 0.3) is 10.9 Å². The summed E-state index contributed by atoms with van der Waals surface area (Å²) in [5, 5.41) is 10.5. The van der Waals surface area contributed by atoms with Crippen molar-refractivity contribution in [2.75, 3.05) is 6.61 Å². The quantitative estimate of drug-likeness (QED) is 0.873. The van der Waals surface area contributed by atoms with E-state index in [2.05, 4.69) is 29.2 Å². The molecule has 0 unspecified atom stereocenters. The molecular weight excluding hydrogens is 222 g/mol. The van der Waals surface area contributed by atoms with E-state index in [1.807, 2.05) is 12.3 Å². The van der Waals surface area contributed by atoms with E-state index in [0.717, 1.165) is 18.4 Å². The highest BCUT2D eigenvalue weighted by molar-refractivity contribution is 5.82. The summed E-state index contributed by atoms with van der Waals surface area (Å²) in [4.78, 5) is 4.43. The van der Waals surface area contributed by atoms with Crippen molar-refractivity contribution in [3.05, 3.63) is 42.1 Å². The summed E-state index contributed by atoms with van der Waals surface area (Å²) in [7, 11) is 0. The van der Waals surface area contributed by atoms with Crippen LogP contribution in [0.5, 0.6) is 0 Å². The molecule has 18 heavy (non-hydrogen) atoms. The highest BCUT2D eigenvalue weighted by Gasteiger charge is 2.22. The van der Waals surface area contributed by atoms with Crippen LogP contribution in [0.4, 0.5) is 0 Å². The van der Waals surface area contributed by atoms with Crippen molar-refractivity contribution in [3.8, 4) is 0 Å². The van der Waals surface area contributed by atoms with Crippen LogP contribution in [0.15, 0.2) is 36.5 Å². The first kappa shape index (κ1) is 11.7. The summed E-state index contributed by atoms with van der Waals surface area (Å²) in [6, 6.07) is 10.6. The predicted octanol–water partition coefficient (Wildman–Crippen LogP) is 3.50. The molecule has 1 aliphatic rings. The fourth-order valence-corrected chi connectivity index (χ4v) is 3.14. The summed E-state index contributed by atoms with van der Waals surface area (Å²) in [5.41, 5.74) is 2.54. The fraction of sp³-hybridized carbons (Fsp3) is 0.438. The second-order valence-corrected chi connectivity index (χ2v) is 5.32. The maximum absolute atomic E-state index is 9.21. The standard InChI is InChI=1S/C16H19NO/c18-11-12-6-8-13(9-7-12)14-3-1-5-16-15(14)4-2-10-17-16/h1-5,10,12-13,18H,6-9,11H2. The van der Waals surface area contributed by atoms with Crippen LogP contribution in [0.2, 0.25) is 0 Å². The summed E-state index contributed by atoms with van der Waals surface area (Å²) < 4.78 is 0. The maximum Gasteiger partial charge on any atom is 0.0704 e. The minimum Gasteiger partial charge on any atom is -0.396 e. The van der Waals surface area contributed by atoms with Crippen LogP contribution < -0.4 is 0 Å². The Bertz CT molecular complexity index is 524. The highest BCUT2D eigenvalue weighted by atomic mass is 16.3. The number of benzene rings is 1. The Labute approximate surface area is 108 Å². The Hall–Kier alpha value is -1.41. The van der Waals surface area contributed by atoms with Crippen molar-refractivity contribution in [2.45, 2.75) is 31.6 Å². The van der Waals surface area contributed by atoms with Crippen molar-refractivity contribution in [1.29, 1.82) is 0 Å². The normalized spacial score (nSPS) is 24.3. The lowest BCUT2D eigenvalue weighted by molar-refractivity contribution is 0.182. The SMILES string of the molecule is OCC1CCC(c2cccc3ncccc23)CC1. The molecule has 94 valence electrons. The van der Waals surface area contributed by atoms with Gasteiger partial charge < -0.3 is 5.11 Å². The molecule has 2 heteroatoms. The van der Waals surface area contributed by atoms with Crippen LogP contribution in [0.1, 0.15) is 37.2 Å². The molecule has 1 N–H and O–H groups in total. The maximum atomic E-state index is 9.21. The molecule has 3 rings (SSSR count). The number of fused-ring (bicyclic) bond motifs is 1. The van der Waals surface area contributed by atoms with Gasteiger partial charge >= 0.3 is 0 Å². The molecule has 0 radical (unpaired) electrons. The number of hydrogen-bond donors (Lipinski definition) is 1. The van der Waals surface area contributed by atoms with Crippen LogP contribution in [-0.2, 0) is 0 Å². The third-order valence-corrected chi connectivity index (χ3v) is 4.22. The molecule has 0 aliphatic heterocycles. The number of hydrogen-bond acceptors (Lipinski definition) is 2. The van der Waals surface area contributed by atoms with Gasteiger partial charge in [0.15, 0.2) is 0 Å². The second-order valence-electron chi connectivity index (χ2n) is 5.32. The van der Waals surface area contributed by atoms with Crippen LogP contribution in [-0.4, -0.2) is 16.7 Å². The van der Waals surface area contributed by atoms with E-state index in [1.165, 1.54) is 23.8 Å². The average Bonchev–Trinajstić information content (AvgIpc) is 2.47. The second kappa shape index (κ2) is 5.07. The molecule has 0 spiro atoms. The number of rotatable bonds is 2. The summed E-state index contributed by atoms with van der Waals surface area (Å²) in [6.07, 6.45) is 6.54. The van der Waals surface area contributed by atoms with Gasteiger partial charge in [0.05, 0.1) is 5.52 Å². The number of pyridine rings is 1. The molecule has 0 amide bonds. The first-order chi connectivity index (χ1) is 8.88. The van der Waals surface area contributed by atoms with E-state index in [4.69, 9.17) is 0 Å². The smallest absolute Gasteiger partial charge is 0.0704 e. The van der Waals surface area contributed by atoms with Gasteiger partial charge in [-0.05, 0) is 55.2 Å². The van der Waals surface area contributed by atoms with Gasteiger partial charge in [-0.2, -0.15) is 0 Å². The van der Waals surface area contributed by atoms with Gasteiger partial charge in [-0.15, -0.1) is 0 Å². The fourth-order valence-electron chi connectivity index (χ4n) is 3.14. The Morgan fingerprint density at radius 3 is 2.67 bits per heavy atom. The molecule has 0 bridgehead atoms. The number of nitrogens with zero attached hydrogens (tertiary/aromatic N) is 1. The van der Waals surface area contributed by atoms with E-state index in [1.54, 1.807) is 0 Å². The minimum absolute atomic E-state index is 0.351.